The number of nitrogens with one attached hydrogen (secondary N) is 1. The maximum atomic E-state index is 5.65. The molecule has 0 spiro atoms. The Morgan fingerprint density at radius 1 is 1.47 bits per heavy atom. The molecule has 0 aliphatic carbocycles. The fourth-order valence-corrected chi connectivity index (χ4v) is 2.30. The zero-order valence-electron chi connectivity index (χ0n) is 9.03. The van der Waals surface area contributed by atoms with Crippen LogP contribution in [0.3, 0.4) is 0 Å². The summed E-state index contributed by atoms with van der Waals surface area (Å²) in [6, 6.07) is 0. The Kier molecular flexibility index (Phi) is 3.91. The van der Waals surface area contributed by atoms with E-state index in [4.69, 9.17) is 4.74 Å². The average Bonchev–Trinajstić information content (AvgIpc) is 2.76. The minimum absolute atomic E-state index is 0.681. The van der Waals surface area contributed by atoms with Crippen LogP contribution in [0, 0.1) is 5.92 Å². The molecule has 0 bridgehead atoms. The van der Waals surface area contributed by atoms with Crippen LogP contribution in [0.1, 0.15) is 25.6 Å². The lowest BCUT2D eigenvalue weighted by Gasteiger charge is -2.21. The summed E-state index contributed by atoms with van der Waals surface area (Å²) in [5.41, 5.74) is 0. The van der Waals surface area contributed by atoms with Crippen LogP contribution in [-0.4, -0.2) is 29.1 Å². The smallest absolute Gasteiger partial charge is 0.293 e. The minimum atomic E-state index is 0.681. The van der Waals surface area contributed by atoms with Gasteiger partial charge in [-0.3, -0.25) is 0 Å². The summed E-state index contributed by atoms with van der Waals surface area (Å²) < 4.78 is 9.84. The fraction of sp³-hybridized carbons (Fsp3) is 0.800. The molecule has 0 amide bonds. The van der Waals surface area contributed by atoms with Gasteiger partial charge in [-0.15, -0.1) is 0 Å². The van der Waals surface area contributed by atoms with E-state index >= 15 is 0 Å². The lowest BCUT2D eigenvalue weighted by Crippen LogP contribution is -2.30. The Morgan fingerprint density at radius 3 is 2.93 bits per heavy atom. The monoisotopic (exact) mass is 227 g/mol. The van der Waals surface area contributed by atoms with Gasteiger partial charge in [0, 0.05) is 18.0 Å². The number of aromatic nitrogens is 2. The molecule has 84 valence electrons. The Labute approximate surface area is 94.2 Å². The van der Waals surface area contributed by atoms with E-state index in [1.807, 2.05) is 0 Å². The summed E-state index contributed by atoms with van der Waals surface area (Å²) >= 11 is 1.36. The number of aryl methyl sites for hydroxylation is 1. The first-order chi connectivity index (χ1) is 7.38. The first-order valence-electron chi connectivity index (χ1n) is 5.54. The predicted octanol–water partition coefficient (Wildman–Crippen LogP) is 1.48. The van der Waals surface area contributed by atoms with E-state index in [9.17, 15) is 0 Å². The molecular formula is C10H17N3OS. The summed E-state index contributed by atoms with van der Waals surface area (Å²) in [4.78, 5) is 4.28. The SMILES string of the molecule is CCc1nsc(OCC2CCNCC2)n1. The van der Waals surface area contributed by atoms with Gasteiger partial charge in [0.05, 0.1) is 6.61 Å². The van der Waals surface area contributed by atoms with E-state index in [1.165, 1.54) is 24.4 Å². The Morgan fingerprint density at radius 2 is 2.27 bits per heavy atom. The van der Waals surface area contributed by atoms with Crippen molar-refractivity contribution in [2.45, 2.75) is 26.2 Å². The molecule has 1 fully saturated rings. The molecule has 1 N–H and O–H groups in total. The summed E-state index contributed by atoms with van der Waals surface area (Å²) in [7, 11) is 0. The Hall–Kier alpha value is -0.680. The van der Waals surface area contributed by atoms with Crippen molar-refractivity contribution in [2.24, 2.45) is 5.92 Å². The Balaban J connectivity index is 1.76. The second-order valence-corrected chi connectivity index (χ2v) is 4.55. The molecule has 4 nitrogen and oxygen atoms in total. The second-order valence-electron chi connectivity index (χ2n) is 3.83. The number of piperidine rings is 1. The standard InChI is InChI=1S/C10H17N3OS/c1-2-9-12-10(15-13-9)14-7-8-3-5-11-6-4-8/h8,11H,2-7H2,1H3. The fourth-order valence-electron chi connectivity index (χ4n) is 1.68. The predicted molar refractivity (Wildman–Crippen MR) is 60.4 cm³/mol. The molecule has 1 aromatic rings. The summed E-state index contributed by atoms with van der Waals surface area (Å²) in [5.74, 6) is 1.57. The molecule has 2 heterocycles. The van der Waals surface area contributed by atoms with Crippen molar-refractivity contribution in [1.29, 1.82) is 0 Å². The van der Waals surface area contributed by atoms with Crippen LogP contribution in [-0.2, 0) is 6.42 Å². The lowest BCUT2D eigenvalue weighted by atomic mass is 9.99. The summed E-state index contributed by atoms with van der Waals surface area (Å²) in [6.07, 6.45) is 3.30. The number of ether oxygens (including phenoxy) is 1. The minimum Gasteiger partial charge on any atom is -0.469 e. The third-order valence-corrected chi connectivity index (χ3v) is 3.33. The zero-order valence-corrected chi connectivity index (χ0v) is 9.85. The van der Waals surface area contributed by atoms with Gasteiger partial charge in [0.2, 0.25) is 0 Å². The normalized spacial score (nSPS) is 17.9. The van der Waals surface area contributed by atoms with Gasteiger partial charge in [-0.2, -0.15) is 9.36 Å². The van der Waals surface area contributed by atoms with Gasteiger partial charge in [-0.1, -0.05) is 6.92 Å². The van der Waals surface area contributed by atoms with Crippen LogP contribution < -0.4 is 10.1 Å². The number of nitrogens with zero attached hydrogens (tertiary/aromatic N) is 2. The van der Waals surface area contributed by atoms with Gasteiger partial charge in [-0.25, -0.2) is 0 Å². The van der Waals surface area contributed by atoms with Crippen LogP contribution >= 0.6 is 11.5 Å². The molecule has 1 aliphatic heterocycles. The first kappa shape index (κ1) is 10.8. The molecule has 1 saturated heterocycles. The quantitative estimate of drug-likeness (QED) is 0.846. The maximum absolute atomic E-state index is 5.65. The third-order valence-electron chi connectivity index (χ3n) is 2.67. The van der Waals surface area contributed by atoms with E-state index in [-0.39, 0.29) is 0 Å². The van der Waals surface area contributed by atoms with Gasteiger partial charge >= 0.3 is 0 Å². The van der Waals surface area contributed by atoms with Crippen molar-refractivity contribution in [3.05, 3.63) is 5.82 Å². The van der Waals surface area contributed by atoms with Crippen LogP contribution in [0.15, 0.2) is 0 Å². The highest BCUT2D eigenvalue weighted by Crippen LogP contribution is 2.18. The van der Waals surface area contributed by atoms with E-state index in [2.05, 4.69) is 21.6 Å². The topological polar surface area (TPSA) is 47.0 Å². The molecule has 5 heteroatoms. The largest absolute Gasteiger partial charge is 0.469 e. The van der Waals surface area contributed by atoms with Crippen molar-refractivity contribution in [3.8, 4) is 5.19 Å². The molecule has 15 heavy (non-hydrogen) atoms. The number of hydrogen-bond donors (Lipinski definition) is 1. The summed E-state index contributed by atoms with van der Waals surface area (Å²) in [5, 5.41) is 4.07. The van der Waals surface area contributed by atoms with Crippen molar-refractivity contribution in [1.82, 2.24) is 14.7 Å². The zero-order chi connectivity index (χ0) is 10.5. The molecule has 0 unspecified atom stereocenters. The summed E-state index contributed by atoms with van der Waals surface area (Å²) in [6.45, 7) is 5.08. The van der Waals surface area contributed by atoms with Crippen LogP contribution in [0.25, 0.3) is 0 Å². The van der Waals surface area contributed by atoms with E-state index < -0.39 is 0 Å². The van der Waals surface area contributed by atoms with Crippen molar-refractivity contribution < 1.29 is 4.74 Å². The van der Waals surface area contributed by atoms with Crippen molar-refractivity contribution in [3.63, 3.8) is 0 Å². The molecule has 2 rings (SSSR count). The first-order valence-corrected chi connectivity index (χ1v) is 6.32. The molecule has 0 atom stereocenters. The van der Waals surface area contributed by atoms with Gasteiger partial charge in [0.1, 0.15) is 5.82 Å². The van der Waals surface area contributed by atoms with Gasteiger partial charge in [0.15, 0.2) is 0 Å². The molecule has 0 saturated carbocycles. The Bertz CT molecular complexity index is 297. The van der Waals surface area contributed by atoms with Gasteiger partial charge < -0.3 is 10.1 Å². The number of hydrogen-bond acceptors (Lipinski definition) is 5. The highest BCUT2D eigenvalue weighted by Gasteiger charge is 2.14. The molecule has 1 aromatic heterocycles. The van der Waals surface area contributed by atoms with E-state index in [1.54, 1.807) is 0 Å². The molecule has 1 aliphatic rings. The van der Waals surface area contributed by atoms with E-state index in [0.717, 1.165) is 37.1 Å². The lowest BCUT2D eigenvalue weighted by molar-refractivity contribution is 0.214. The van der Waals surface area contributed by atoms with Crippen LogP contribution in [0.2, 0.25) is 0 Å². The van der Waals surface area contributed by atoms with Crippen LogP contribution in [0.5, 0.6) is 5.19 Å². The third kappa shape index (κ3) is 3.14. The van der Waals surface area contributed by atoms with E-state index in [0.29, 0.717) is 5.92 Å². The van der Waals surface area contributed by atoms with Crippen LogP contribution in [0.4, 0.5) is 0 Å². The highest BCUT2D eigenvalue weighted by atomic mass is 32.1. The molecule has 0 radical (unpaired) electrons. The average molecular weight is 227 g/mol. The molecular weight excluding hydrogens is 210 g/mol. The van der Waals surface area contributed by atoms with Gasteiger partial charge in [0.25, 0.3) is 5.19 Å². The highest BCUT2D eigenvalue weighted by molar-refractivity contribution is 7.07. The molecule has 0 aromatic carbocycles. The van der Waals surface area contributed by atoms with Gasteiger partial charge in [-0.05, 0) is 31.8 Å². The van der Waals surface area contributed by atoms with Crippen molar-refractivity contribution in [2.75, 3.05) is 19.7 Å². The second kappa shape index (κ2) is 5.42. The van der Waals surface area contributed by atoms with Crippen molar-refractivity contribution >= 4 is 11.5 Å². The maximum Gasteiger partial charge on any atom is 0.293 e. The number of rotatable bonds is 4.